The van der Waals surface area contributed by atoms with Crippen molar-refractivity contribution in [3.8, 4) is 5.75 Å². The van der Waals surface area contributed by atoms with Crippen LogP contribution in [-0.2, 0) is 6.42 Å². The average molecular weight is 267 g/mol. The van der Waals surface area contributed by atoms with Crippen LogP contribution in [-0.4, -0.2) is 12.6 Å². The molecule has 0 saturated carbocycles. The number of hydrogen-bond acceptors (Lipinski definition) is 2. The summed E-state index contributed by atoms with van der Waals surface area (Å²) in [4.78, 5) is 0. The Balaban J connectivity index is 2.34. The van der Waals surface area contributed by atoms with E-state index >= 15 is 0 Å². The van der Waals surface area contributed by atoms with E-state index in [0.717, 1.165) is 18.4 Å². The Labute approximate surface area is 116 Å². The third-order valence-electron chi connectivity index (χ3n) is 3.06. The Kier molecular flexibility index (Phi) is 7.49. The van der Waals surface area contributed by atoms with Crippen LogP contribution in [0.25, 0.3) is 0 Å². The minimum absolute atomic E-state index is 0.0461. The summed E-state index contributed by atoms with van der Waals surface area (Å²) in [6.07, 6.45) is 6.56. The maximum absolute atomic E-state index is 13.8. The highest BCUT2D eigenvalue weighted by molar-refractivity contribution is 5.29. The number of ether oxygens (including phenoxy) is 1. The van der Waals surface area contributed by atoms with Crippen molar-refractivity contribution >= 4 is 0 Å². The van der Waals surface area contributed by atoms with Crippen molar-refractivity contribution in [1.82, 2.24) is 0 Å². The monoisotopic (exact) mass is 267 g/mol. The smallest absolute Gasteiger partial charge is 0.165 e. The van der Waals surface area contributed by atoms with Crippen LogP contribution in [0, 0.1) is 5.82 Å². The molecule has 1 aromatic rings. The lowest BCUT2D eigenvalue weighted by molar-refractivity contribution is 0.290. The van der Waals surface area contributed by atoms with Crippen molar-refractivity contribution in [3.05, 3.63) is 29.6 Å². The lowest BCUT2D eigenvalue weighted by Crippen LogP contribution is -2.17. The van der Waals surface area contributed by atoms with Gasteiger partial charge in [0.15, 0.2) is 11.6 Å². The highest BCUT2D eigenvalue weighted by atomic mass is 19.1. The lowest BCUT2D eigenvalue weighted by atomic mass is 10.1. The maximum atomic E-state index is 13.8. The Morgan fingerprint density at radius 2 is 1.95 bits per heavy atom. The summed E-state index contributed by atoms with van der Waals surface area (Å²) < 4.78 is 19.2. The molecule has 1 atom stereocenters. The second kappa shape index (κ2) is 8.92. The number of halogens is 1. The SMILES string of the molecule is CCCCCCCOc1ccc(CC(C)N)cc1F. The number of unbranched alkanes of at least 4 members (excludes halogenated alkanes) is 4. The summed E-state index contributed by atoms with van der Waals surface area (Å²) in [6, 6.07) is 5.16. The molecule has 2 N–H and O–H groups in total. The molecule has 0 heterocycles. The highest BCUT2D eigenvalue weighted by Gasteiger charge is 2.06. The fourth-order valence-corrected chi connectivity index (χ4v) is 2.05. The Morgan fingerprint density at radius 1 is 1.21 bits per heavy atom. The first-order chi connectivity index (χ1) is 9.13. The van der Waals surface area contributed by atoms with Gasteiger partial charge in [0.1, 0.15) is 0 Å². The minimum atomic E-state index is -0.285. The van der Waals surface area contributed by atoms with Gasteiger partial charge in [0.25, 0.3) is 0 Å². The van der Waals surface area contributed by atoms with Gasteiger partial charge in [-0.1, -0.05) is 38.7 Å². The first kappa shape index (κ1) is 16.0. The van der Waals surface area contributed by atoms with Crippen molar-refractivity contribution in [2.45, 2.75) is 58.4 Å². The van der Waals surface area contributed by atoms with Gasteiger partial charge in [-0.15, -0.1) is 0 Å². The van der Waals surface area contributed by atoms with Crippen LogP contribution in [0.15, 0.2) is 18.2 Å². The maximum Gasteiger partial charge on any atom is 0.165 e. The molecule has 0 aromatic heterocycles. The predicted octanol–water partition coefficient (Wildman–Crippen LogP) is 4.06. The molecule has 3 heteroatoms. The zero-order valence-electron chi connectivity index (χ0n) is 12.1. The van der Waals surface area contributed by atoms with Gasteiger partial charge in [0, 0.05) is 6.04 Å². The molecule has 0 saturated heterocycles. The van der Waals surface area contributed by atoms with Gasteiger partial charge in [0.05, 0.1) is 6.61 Å². The van der Waals surface area contributed by atoms with Crippen LogP contribution >= 0.6 is 0 Å². The second-order valence-corrected chi connectivity index (χ2v) is 5.21. The lowest BCUT2D eigenvalue weighted by Gasteiger charge is -2.10. The van der Waals surface area contributed by atoms with E-state index < -0.39 is 0 Å². The van der Waals surface area contributed by atoms with Crippen LogP contribution in [0.5, 0.6) is 5.75 Å². The fraction of sp³-hybridized carbons (Fsp3) is 0.625. The summed E-state index contributed by atoms with van der Waals surface area (Å²) in [7, 11) is 0. The van der Waals surface area contributed by atoms with E-state index in [0.29, 0.717) is 18.8 Å². The number of benzene rings is 1. The van der Waals surface area contributed by atoms with Crippen LogP contribution in [0.1, 0.15) is 51.5 Å². The second-order valence-electron chi connectivity index (χ2n) is 5.21. The number of hydrogen-bond donors (Lipinski definition) is 1. The van der Waals surface area contributed by atoms with Gasteiger partial charge in [-0.2, -0.15) is 0 Å². The molecule has 0 bridgehead atoms. The summed E-state index contributed by atoms with van der Waals surface area (Å²) >= 11 is 0. The molecule has 0 aliphatic rings. The quantitative estimate of drug-likeness (QED) is 0.685. The molecule has 1 aromatic carbocycles. The van der Waals surface area contributed by atoms with E-state index in [1.807, 2.05) is 13.0 Å². The molecule has 0 aliphatic heterocycles. The average Bonchev–Trinajstić information content (AvgIpc) is 2.35. The van der Waals surface area contributed by atoms with E-state index in [-0.39, 0.29) is 11.9 Å². The molecular weight excluding hydrogens is 241 g/mol. The molecule has 1 unspecified atom stereocenters. The highest BCUT2D eigenvalue weighted by Crippen LogP contribution is 2.19. The third kappa shape index (κ3) is 6.58. The standard InChI is InChI=1S/C16H26FNO/c1-3-4-5-6-7-10-19-16-9-8-14(11-13(2)18)12-15(16)17/h8-9,12-13H,3-7,10-11,18H2,1-2H3. The summed E-state index contributed by atoms with van der Waals surface area (Å²) in [5.74, 6) is 0.0654. The molecular formula is C16H26FNO. The zero-order valence-corrected chi connectivity index (χ0v) is 12.1. The van der Waals surface area contributed by atoms with Crippen molar-refractivity contribution in [1.29, 1.82) is 0 Å². The molecule has 108 valence electrons. The van der Waals surface area contributed by atoms with E-state index in [2.05, 4.69) is 6.92 Å². The largest absolute Gasteiger partial charge is 0.491 e. The van der Waals surface area contributed by atoms with Gasteiger partial charge in [-0.05, 0) is 37.5 Å². The molecule has 2 nitrogen and oxygen atoms in total. The fourth-order valence-electron chi connectivity index (χ4n) is 2.05. The van der Waals surface area contributed by atoms with E-state index in [1.165, 1.54) is 25.3 Å². The van der Waals surface area contributed by atoms with Crippen LogP contribution in [0.2, 0.25) is 0 Å². The van der Waals surface area contributed by atoms with Crippen molar-refractivity contribution in [2.75, 3.05) is 6.61 Å². The Bertz CT molecular complexity index is 366. The number of rotatable bonds is 9. The van der Waals surface area contributed by atoms with Gasteiger partial charge in [-0.3, -0.25) is 0 Å². The minimum Gasteiger partial charge on any atom is -0.491 e. The molecule has 0 aliphatic carbocycles. The number of nitrogens with two attached hydrogens (primary N) is 1. The van der Waals surface area contributed by atoms with Crippen LogP contribution in [0.3, 0.4) is 0 Å². The van der Waals surface area contributed by atoms with Crippen LogP contribution in [0.4, 0.5) is 4.39 Å². The van der Waals surface area contributed by atoms with E-state index in [1.54, 1.807) is 6.07 Å². The van der Waals surface area contributed by atoms with Crippen LogP contribution < -0.4 is 10.5 Å². The summed E-state index contributed by atoms with van der Waals surface area (Å²) in [5, 5.41) is 0. The summed E-state index contributed by atoms with van der Waals surface area (Å²) in [5.41, 5.74) is 6.62. The van der Waals surface area contributed by atoms with Crippen molar-refractivity contribution in [3.63, 3.8) is 0 Å². The normalized spacial score (nSPS) is 12.4. The van der Waals surface area contributed by atoms with Gasteiger partial charge >= 0.3 is 0 Å². The summed E-state index contributed by atoms with van der Waals surface area (Å²) in [6.45, 7) is 4.70. The third-order valence-corrected chi connectivity index (χ3v) is 3.06. The molecule has 19 heavy (non-hydrogen) atoms. The van der Waals surface area contributed by atoms with E-state index in [4.69, 9.17) is 10.5 Å². The molecule has 0 amide bonds. The first-order valence-electron chi connectivity index (χ1n) is 7.30. The van der Waals surface area contributed by atoms with Gasteiger partial charge < -0.3 is 10.5 Å². The predicted molar refractivity (Wildman–Crippen MR) is 78.0 cm³/mol. The topological polar surface area (TPSA) is 35.2 Å². The van der Waals surface area contributed by atoms with Gasteiger partial charge in [0.2, 0.25) is 0 Å². The molecule has 0 spiro atoms. The zero-order chi connectivity index (χ0) is 14.1. The molecule has 1 rings (SSSR count). The van der Waals surface area contributed by atoms with Gasteiger partial charge in [-0.25, -0.2) is 4.39 Å². The van der Waals surface area contributed by atoms with E-state index in [9.17, 15) is 4.39 Å². The van der Waals surface area contributed by atoms with Crippen molar-refractivity contribution in [2.24, 2.45) is 5.73 Å². The Morgan fingerprint density at radius 3 is 2.58 bits per heavy atom. The molecule has 0 radical (unpaired) electrons. The first-order valence-corrected chi connectivity index (χ1v) is 7.30. The Hall–Kier alpha value is -1.09. The molecule has 0 fully saturated rings. The van der Waals surface area contributed by atoms with Crippen molar-refractivity contribution < 1.29 is 9.13 Å².